The first-order valence-corrected chi connectivity index (χ1v) is 4.79. The van der Waals surface area contributed by atoms with Gasteiger partial charge in [-0.2, -0.15) is 9.78 Å². The molecule has 2 N–H and O–H groups in total. The van der Waals surface area contributed by atoms with Crippen molar-refractivity contribution in [3.63, 3.8) is 0 Å². The Kier molecular flexibility index (Phi) is 2.25. The number of hydrogen-bond donors (Lipinski definition) is 1. The molecular formula is C9H14N4O. The van der Waals surface area contributed by atoms with Crippen molar-refractivity contribution in [1.29, 1.82) is 0 Å². The van der Waals surface area contributed by atoms with E-state index in [4.69, 9.17) is 5.73 Å². The van der Waals surface area contributed by atoms with Crippen LogP contribution in [0.3, 0.4) is 0 Å². The van der Waals surface area contributed by atoms with Crippen LogP contribution < -0.4 is 5.73 Å². The molecular weight excluding hydrogens is 180 g/mol. The largest absolute Gasteiger partial charge is 0.383 e. The fourth-order valence-corrected chi connectivity index (χ4v) is 1.84. The number of anilines is 1. The van der Waals surface area contributed by atoms with Crippen LogP contribution in [-0.2, 0) is 17.8 Å². The predicted octanol–water partition coefficient (Wildman–Crippen LogP) is -0.118. The predicted molar refractivity (Wildman–Crippen MR) is 53.4 cm³/mol. The Morgan fingerprint density at radius 2 is 2.43 bits per heavy atom. The van der Waals surface area contributed by atoms with Crippen molar-refractivity contribution >= 4 is 12.2 Å². The maximum absolute atomic E-state index is 10.6. The van der Waals surface area contributed by atoms with Crippen molar-refractivity contribution in [2.24, 2.45) is 0 Å². The van der Waals surface area contributed by atoms with Gasteiger partial charge in [0, 0.05) is 18.7 Å². The van der Waals surface area contributed by atoms with Crippen LogP contribution in [0.1, 0.15) is 18.2 Å². The highest BCUT2D eigenvalue weighted by Crippen LogP contribution is 2.22. The van der Waals surface area contributed by atoms with E-state index < -0.39 is 0 Å². The van der Waals surface area contributed by atoms with Crippen LogP contribution in [0.25, 0.3) is 0 Å². The van der Waals surface area contributed by atoms with Gasteiger partial charge >= 0.3 is 0 Å². The number of nitrogens with zero attached hydrogens (tertiary/aromatic N) is 3. The molecule has 5 nitrogen and oxygen atoms in total. The van der Waals surface area contributed by atoms with E-state index in [1.54, 1.807) is 0 Å². The van der Waals surface area contributed by atoms with Gasteiger partial charge in [-0.3, -0.25) is 9.69 Å². The lowest BCUT2D eigenvalue weighted by Gasteiger charge is -2.24. The molecule has 0 aliphatic carbocycles. The molecule has 0 saturated heterocycles. The molecule has 5 heteroatoms. The molecule has 0 saturated carbocycles. The van der Waals surface area contributed by atoms with E-state index in [9.17, 15) is 4.79 Å². The van der Waals surface area contributed by atoms with Crippen molar-refractivity contribution in [1.82, 2.24) is 14.7 Å². The second-order valence-electron chi connectivity index (χ2n) is 3.48. The van der Waals surface area contributed by atoms with Crippen LogP contribution in [-0.4, -0.2) is 34.2 Å². The number of likely N-dealkylation sites (N-methyl/N-ethyl adjacent to an activating group) is 1. The fourth-order valence-electron chi connectivity index (χ4n) is 1.84. The summed E-state index contributed by atoms with van der Waals surface area (Å²) < 4.78 is 1.23. The Morgan fingerprint density at radius 3 is 3.07 bits per heavy atom. The van der Waals surface area contributed by atoms with Crippen LogP contribution in [0.15, 0.2) is 0 Å². The zero-order valence-corrected chi connectivity index (χ0v) is 8.23. The summed E-state index contributed by atoms with van der Waals surface area (Å²) in [5, 5.41) is 4.15. The molecule has 0 amide bonds. The first-order chi connectivity index (χ1) is 6.76. The zero-order valence-electron chi connectivity index (χ0n) is 8.23. The summed E-state index contributed by atoms with van der Waals surface area (Å²) in [5.74, 6) is 0.505. The first kappa shape index (κ1) is 9.21. The van der Waals surface area contributed by atoms with E-state index >= 15 is 0 Å². The topological polar surface area (TPSA) is 64.2 Å². The summed E-state index contributed by atoms with van der Waals surface area (Å²) in [7, 11) is 0. The van der Waals surface area contributed by atoms with E-state index in [1.165, 1.54) is 4.68 Å². The second kappa shape index (κ2) is 3.42. The fraction of sp³-hybridized carbons (Fsp3) is 0.556. The molecule has 1 aliphatic heterocycles. The first-order valence-electron chi connectivity index (χ1n) is 4.79. The van der Waals surface area contributed by atoms with Crippen molar-refractivity contribution in [3.05, 3.63) is 11.3 Å². The summed E-state index contributed by atoms with van der Waals surface area (Å²) in [6, 6.07) is 0. The smallest absolute Gasteiger partial charge is 0.235 e. The van der Waals surface area contributed by atoms with Crippen LogP contribution in [0.2, 0.25) is 0 Å². The van der Waals surface area contributed by atoms with Crippen LogP contribution in [0.5, 0.6) is 0 Å². The number of hydrogen-bond acceptors (Lipinski definition) is 4. The van der Waals surface area contributed by atoms with Gasteiger partial charge in [-0.15, -0.1) is 0 Å². The minimum atomic E-state index is 0.505. The molecule has 14 heavy (non-hydrogen) atoms. The molecule has 1 aromatic rings. The highest BCUT2D eigenvalue weighted by Gasteiger charge is 2.21. The van der Waals surface area contributed by atoms with Crippen LogP contribution in [0.4, 0.5) is 5.82 Å². The molecule has 0 unspecified atom stereocenters. The van der Waals surface area contributed by atoms with Crippen molar-refractivity contribution < 1.29 is 4.79 Å². The van der Waals surface area contributed by atoms with Gasteiger partial charge in [0.15, 0.2) is 0 Å². The number of aromatic nitrogens is 2. The van der Waals surface area contributed by atoms with Crippen molar-refractivity contribution in [3.8, 4) is 0 Å². The minimum absolute atomic E-state index is 0.505. The highest BCUT2D eigenvalue weighted by atomic mass is 16.1. The van der Waals surface area contributed by atoms with Gasteiger partial charge in [0.05, 0.1) is 5.69 Å². The lowest BCUT2D eigenvalue weighted by molar-refractivity contribution is 0.265. The highest BCUT2D eigenvalue weighted by molar-refractivity contribution is 5.61. The van der Waals surface area contributed by atoms with Gasteiger partial charge in [-0.1, -0.05) is 6.92 Å². The molecule has 0 radical (unpaired) electrons. The third kappa shape index (κ3) is 1.29. The third-order valence-corrected chi connectivity index (χ3v) is 2.73. The number of fused-ring (bicyclic) bond motifs is 1. The number of nitrogens with two attached hydrogens (primary N) is 1. The summed E-state index contributed by atoms with van der Waals surface area (Å²) in [6.07, 6.45) is 1.55. The third-order valence-electron chi connectivity index (χ3n) is 2.73. The normalized spacial score (nSPS) is 16.6. The lowest BCUT2D eigenvalue weighted by Crippen LogP contribution is -2.30. The Hall–Kier alpha value is -1.36. The quantitative estimate of drug-likeness (QED) is 0.667. The molecule has 2 rings (SSSR count). The standard InChI is InChI=1S/C9H14N4O/c1-2-12-4-3-7-8(5-12)11-13(6-14)9(7)10/h6H,2-5,10H2,1H3. The molecule has 0 atom stereocenters. The Labute approximate surface area is 82.5 Å². The van der Waals surface area contributed by atoms with E-state index in [0.29, 0.717) is 12.2 Å². The van der Waals surface area contributed by atoms with Gasteiger partial charge < -0.3 is 5.73 Å². The second-order valence-corrected chi connectivity index (χ2v) is 3.48. The SMILES string of the molecule is CCN1CCc2c(nn(C=O)c2N)C1. The van der Waals surface area contributed by atoms with Gasteiger partial charge in [0.2, 0.25) is 6.41 Å². The lowest BCUT2D eigenvalue weighted by atomic mass is 10.1. The number of nitrogen functional groups attached to an aromatic ring is 1. The summed E-state index contributed by atoms with van der Waals surface area (Å²) in [4.78, 5) is 12.9. The average molecular weight is 194 g/mol. The van der Waals surface area contributed by atoms with Crippen LogP contribution in [0, 0.1) is 0 Å². The number of carbonyl (C=O) groups is 1. The molecule has 76 valence electrons. The van der Waals surface area contributed by atoms with E-state index in [-0.39, 0.29) is 0 Å². The molecule has 0 fully saturated rings. The Morgan fingerprint density at radius 1 is 1.64 bits per heavy atom. The number of carbonyl (C=O) groups excluding carboxylic acids is 1. The molecule has 0 bridgehead atoms. The Balaban J connectivity index is 2.34. The van der Waals surface area contributed by atoms with Gasteiger partial charge in [-0.05, 0) is 13.0 Å². The molecule has 2 heterocycles. The summed E-state index contributed by atoms with van der Waals surface area (Å²) in [5.41, 5.74) is 7.76. The van der Waals surface area contributed by atoms with Gasteiger partial charge in [0.1, 0.15) is 5.82 Å². The molecule has 0 spiro atoms. The Bertz CT molecular complexity index is 358. The van der Waals surface area contributed by atoms with Crippen LogP contribution >= 0.6 is 0 Å². The molecule has 0 aromatic carbocycles. The maximum atomic E-state index is 10.6. The molecule has 1 aliphatic rings. The zero-order chi connectivity index (χ0) is 10.1. The van der Waals surface area contributed by atoms with E-state index in [0.717, 1.165) is 37.3 Å². The number of rotatable bonds is 2. The van der Waals surface area contributed by atoms with E-state index in [2.05, 4.69) is 16.9 Å². The van der Waals surface area contributed by atoms with E-state index in [1.807, 2.05) is 0 Å². The van der Waals surface area contributed by atoms with Gasteiger partial charge in [-0.25, -0.2) is 0 Å². The van der Waals surface area contributed by atoms with Gasteiger partial charge in [0.25, 0.3) is 0 Å². The average Bonchev–Trinajstić information content (AvgIpc) is 2.55. The molecule has 1 aromatic heterocycles. The summed E-state index contributed by atoms with van der Waals surface area (Å²) in [6.45, 7) is 4.92. The monoisotopic (exact) mass is 194 g/mol. The van der Waals surface area contributed by atoms with Crippen molar-refractivity contribution in [2.75, 3.05) is 18.8 Å². The maximum Gasteiger partial charge on any atom is 0.235 e. The minimum Gasteiger partial charge on any atom is -0.383 e. The van der Waals surface area contributed by atoms with Crippen molar-refractivity contribution in [2.45, 2.75) is 19.9 Å². The summed E-state index contributed by atoms with van der Waals surface area (Å²) >= 11 is 0.